The van der Waals surface area contributed by atoms with E-state index in [1.54, 1.807) is 0 Å². The summed E-state index contributed by atoms with van der Waals surface area (Å²) in [6.45, 7) is 7.56. The van der Waals surface area contributed by atoms with Crippen LogP contribution in [0.1, 0.15) is 32.6 Å². The van der Waals surface area contributed by atoms with E-state index in [1.807, 2.05) is 0 Å². The maximum atomic E-state index is 5.54. The van der Waals surface area contributed by atoms with Gasteiger partial charge in [0.05, 0.1) is 0 Å². The predicted octanol–water partition coefficient (Wildman–Crippen LogP) is 3.12. The number of rotatable bonds is 7. The van der Waals surface area contributed by atoms with Gasteiger partial charge in [-0.1, -0.05) is 31.9 Å². The fraction of sp³-hybridized carbons (Fsp3) is 0.800. The summed E-state index contributed by atoms with van der Waals surface area (Å²) in [5.41, 5.74) is 0. The maximum absolute atomic E-state index is 5.54. The van der Waals surface area contributed by atoms with Crippen LogP contribution in [-0.2, 0) is 4.43 Å². The molecule has 0 saturated heterocycles. The lowest BCUT2D eigenvalue weighted by Crippen LogP contribution is -2.07. The van der Waals surface area contributed by atoms with Crippen molar-refractivity contribution in [3.05, 3.63) is 12.2 Å². The molecule has 72 valence electrons. The van der Waals surface area contributed by atoms with Gasteiger partial charge in [0.1, 0.15) is 0 Å². The van der Waals surface area contributed by atoms with Crippen LogP contribution in [0.3, 0.4) is 0 Å². The first-order chi connectivity index (χ1) is 5.77. The van der Waals surface area contributed by atoms with Gasteiger partial charge in [0.25, 0.3) is 0 Å². The van der Waals surface area contributed by atoms with Gasteiger partial charge >= 0.3 is 0 Å². The molecule has 12 heavy (non-hydrogen) atoms. The molecule has 0 aromatic heterocycles. The van der Waals surface area contributed by atoms with Crippen molar-refractivity contribution >= 4 is 9.04 Å². The van der Waals surface area contributed by atoms with Gasteiger partial charge in [-0.15, -0.1) is 0 Å². The summed E-state index contributed by atoms with van der Waals surface area (Å²) in [6.07, 6.45) is 9.45. The summed E-state index contributed by atoms with van der Waals surface area (Å²) in [7, 11) is -0.769. The Hall–Kier alpha value is -0.0831. The minimum atomic E-state index is -0.769. The van der Waals surface area contributed by atoms with Gasteiger partial charge in [0.2, 0.25) is 0 Å². The smallest absolute Gasteiger partial charge is 0.170 e. The first-order valence-corrected chi connectivity index (χ1v) is 7.82. The standard InChI is InChI=1S/C10H22OSi/c1-4-5-6-7-8-9-10-11-12(2)3/h7-8,12H,4-6,9-10H2,1-3H3. The Labute approximate surface area is 78.5 Å². The van der Waals surface area contributed by atoms with Crippen molar-refractivity contribution < 1.29 is 4.43 Å². The topological polar surface area (TPSA) is 9.23 Å². The lowest BCUT2D eigenvalue weighted by Gasteiger charge is -2.02. The van der Waals surface area contributed by atoms with Crippen molar-refractivity contribution in [2.75, 3.05) is 6.61 Å². The molecule has 0 rings (SSSR count). The summed E-state index contributed by atoms with van der Waals surface area (Å²) in [4.78, 5) is 0. The first-order valence-electron chi connectivity index (χ1n) is 5.04. The number of unbranched alkanes of at least 4 members (excludes halogenated alkanes) is 2. The molecular formula is C10H22OSi. The van der Waals surface area contributed by atoms with Crippen LogP contribution in [0.5, 0.6) is 0 Å². The van der Waals surface area contributed by atoms with Gasteiger partial charge in [0, 0.05) is 6.61 Å². The summed E-state index contributed by atoms with van der Waals surface area (Å²) in [5, 5.41) is 0. The molecule has 0 spiro atoms. The SMILES string of the molecule is CCCCC=CCCO[SiH](C)C. The fourth-order valence-corrected chi connectivity index (χ4v) is 1.54. The van der Waals surface area contributed by atoms with Gasteiger partial charge in [-0.3, -0.25) is 0 Å². The quantitative estimate of drug-likeness (QED) is 0.337. The van der Waals surface area contributed by atoms with Gasteiger partial charge < -0.3 is 4.43 Å². The van der Waals surface area contributed by atoms with Crippen LogP contribution in [0.2, 0.25) is 13.1 Å². The highest BCUT2D eigenvalue weighted by Gasteiger charge is 1.91. The van der Waals surface area contributed by atoms with Crippen molar-refractivity contribution in [1.29, 1.82) is 0 Å². The second-order valence-electron chi connectivity index (χ2n) is 3.32. The van der Waals surface area contributed by atoms with Crippen molar-refractivity contribution in [2.24, 2.45) is 0 Å². The van der Waals surface area contributed by atoms with Crippen molar-refractivity contribution in [3.63, 3.8) is 0 Å². The average molecular weight is 186 g/mol. The predicted molar refractivity (Wildman–Crippen MR) is 58.1 cm³/mol. The molecule has 0 aromatic rings. The maximum Gasteiger partial charge on any atom is 0.170 e. The summed E-state index contributed by atoms with van der Waals surface area (Å²) < 4.78 is 5.54. The Morgan fingerprint density at radius 3 is 2.42 bits per heavy atom. The van der Waals surface area contributed by atoms with Crippen LogP contribution >= 0.6 is 0 Å². The van der Waals surface area contributed by atoms with E-state index < -0.39 is 9.04 Å². The highest BCUT2D eigenvalue weighted by atomic mass is 28.3. The molecule has 0 unspecified atom stereocenters. The van der Waals surface area contributed by atoms with Crippen molar-refractivity contribution in [3.8, 4) is 0 Å². The molecule has 0 aliphatic carbocycles. The molecule has 2 heteroatoms. The minimum absolute atomic E-state index is 0.769. The highest BCUT2D eigenvalue weighted by molar-refractivity contribution is 6.48. The zero-order valence-electron chi connectivity index (χ0n) is 8.68. The molecule has 0 heterocycles. The third-order valence-electron chi connectivity index (χ3n) is 1.63. The third kappa shape index (κ3) is 9.92. The summed E-state index contributed by atoms with van der Waals surface area (Å²) >= 11 is 0. The summed E-state index contributed by atoms with van der Waals surface area (Å²) in [5.74, 6) is 0. The molecule has 0 aliphatic heterocycles. The van der Waals surface area contributed by atoms with E-state index >= 15 is 0 Å². The van der Waals surface area contributed by atoms with Crippen LogP contribution < -0.4 is 0 Å². The van der Waals surface area contributed by atoms with E-state index in [9.17, 15) is 0 Å². The largest absolute Gasteiger partial charge is 0.420 e. The molecule has 0 N–H and O–H groups in total. The second-order valence-corrected chi connectivity index (χ2v) is 5.75. The fourth-order valence-electron chi connectivity index (χ4n) is 0.929. The van der Waals surface area contributed by atoms with Crippen LogP contribution in [0, 0.1) is 0 Å². The lowest BCUT2D eigenvalue weighted by atomic mass is 10.2. The lowest BCUT2D eigenvalue weighted by molar-refractivity contribution is 0.334. The minimum Gasteiger partial charge on any atom is -0.420 e. The molecule has 0 aromatic carbocycles. The van der Waals surface area contributed by atoms with Gasteiger partial charge in [0.15, 0.2) is 9.04 Å². The van der Waals surface area contributed by atoms with Crippen molar-refractivity contribution in [1.82, 2.24) is 0 Å². The van der Waals surface area contributed by atoms with E-state index in [0.717, 1.165) is 13.0 Å². The zero-order chi connectivity index (χ0) is 9.23. The van der Waals surface area contributed by atoms with Gasteiger partial charge in [-0.05, 0) is 25.9 Å². The molecule has 0 atom stereocenters. The Bertz CT molecular complexity index is 110. The van der Waals surface area contributed by atoms with Crippen LogP contribution in [0.25, 0.3) is 0 Å². The monoisotopic (exact) mass is 186 g/mol. The van der Waals surface area contributed by atoms with Gasteiger partial charge in [-0.2, -0.15) is 0 Å². The van der Waals surface area contributed by atoms with Gasteiger partial charge in [-0.25, -0.2) is 0 Å². The molecule has 0 aliphatic rings. The molecule has 0 saturated carbocycles. The Morgan fingerprint density at radius 2 is 1.83 bits per heavy atom. The highest BCUT2D eigenvalue weighted by Crippen LogP contribution is 1.96. The van der Waals surface area contributed by atoms with Crippen LogP contribution in [-0.4, -0.2) is 15.6 Å². The van der Waals surface area contributed by atoms with E-state index in [0.29, 0.717) is 0 Å². The molecule has 0 amide bonds. The van der Waals surface area contributed by atoms with E-state index in [1.165, 1.54) is 19.3 Å². The molecular weight excluding hydrogens is 164 g/mol. The second kappa shape index (κ2) is 9.01. The molecule has 0 fully saturated rings. The van der Waals surface area contributed by atoms with Crippen LogP contribution in [0.15, 0.2) is 12.2 Å². The molecule has 0 radical (unpaired) electrons. The Morgan fingerprint density at radius 1 is 1.17 bits per heavy atom. The number of allylic oxidation sites excluding steroid dienone is 1. The van der Waals surface area contributed by atoms with E-state index in [2.05, 4.69) is 32.2 Å². The summed E-state index contributed by atoms with van der Waals surface area (Å²) in [6, 6.07) is 0. The van der Waals surface area contributed by atoms with E-state index in [4.69, 9.17) is 4.43 Å². The first kappa shape index (κ1) is 11.9. The molecule has 1 nitrogen and oxygen atoms in total. The average Bonchev–Trinajstić information content (AvgIpc) is 2.02. The van der Waals surface area contributed by atoms with Crippen molar-refractivity contribution in [2.45, 2.75) is 45.7 Å². The van der Waals surface area contributed by atoms with E-state index in [-0.39, 0.29) is 0 Å². The number of hydrogen-bond donors (Lipinski definition) is 0. The molecule has 0 bridgehead atoms. The Kier molecular flexibility index (Phi) is 8.95. The zero-order valence-corrected chi connectivity index (χ0v) is 9.83. The van der Waals surface area contributed by atoms with Crippen LogP contribution in [0.4, 0.5) is 0 Å². The third-order valence-corrected chi connectivity index (χ3v) is 2.53. The Balaban J connectivity index is 3.03. The number of hydrogen-bond acceptors (Lipinski definition) is 1. The normalized spacial score (nSPS) is 11.7.